The highest BCUT2D eigenvalue weighted by atomic mass is 35.5. The Labute approximate surface area is 121 Å². The van der Waals surface area contributed by atoms with Crippen molar-refractivity contribution in [3.8, 4) is 17.2 Å². The van der Waals surface area contributed by atoms with Crippen LogP contribution in [0.4, 0.5) is 0 Å². The van der Waals surface area contributed by atoms with Crippen LogP contribution in [-0.4, -0.2) is 14.8 Å². The molecule has 0 N–H and O–H groups in total. The predicted octanol–water partition coefficient (Wildman–Crippen LogP) is 3.80. The summed E-state index contributed by atoms with van der Waals surface area (Å²) < 4.78 is 7.74. The standard InChI is InChI=1S/C15H12ClN3O/c16-10-15-18-17-11-19(15)13-8-4-5-9-14(13)20-12-6-2-1-3-7-12/h1-9,11H,10H2. The minimum absolute atomic E-state index is 0.291. The van der Waals surface area contributed by atoms with Crippen molar-refractivity contribution in [2.45, 2.75) is 5.88 Å². The summed E-state index contributed by atoms with van der Waals surface area (Å²) in [4.78, 5) is 0. The van der Waals surface area contributed by atoms with Gasteiger partial charge in [0.05, 0.1) is 11.6 Å². The molecule has 0 saturated carbocycles. The van der Waals surface area contributed by atoms with Crippen LogP contribution >= 0.6 is 11.6 Å². The van der Waals surface area contributed by atoms with E-state index in [9.17, 15) is 0 Å². The van der Waals surface area contributed by atoms with Crippen molar-refractivity contribution < 1.29 is 4.74 Å². The van der Waals surface area contributed by atoms with Crippen LogP contribution in [0.2, 0.25) is 0 Å². The first-order chi connectivity index (χ1) is 9.88. The SMILES string of the molecule is ClCc1nncn1-c1ccccc1Oc1ccccc1. The summed E-state index contributed by atoms with van der Waals surface area (Å²) in [5, 5.41) is 7.88. The highest BCUT2D eigenvalue weighted by Gasteiger charge is 2.10. The van der Waals surface area contributed by atoms with E-state index in [1.165, 1.54) is 0 Å². The van der Waals surface area contributed by atoms with Crippen LogP contribution in [0, 0.1) is 0 Å². The van der Waals surface area contributed by atoms with Crippen LogP contribution in [0.15, 0.2) is 60.9 Å². The van der Waals surface area contributed by atoms with Crippen molar-refractivity contribution in [3.05, 3.63) is 66.7 Å². The van der Waals surface area contributed by atoms with Gasteiger partial charge >= 0.3 is 0 Å². The molecular weight excluding hydrogens is 274 g/mol. The molecule has 0 fully saturated rings. The molecule has 4 nitrogen and oxygen atoms in total. The zero-order chi connectivity index (χ0) is 13.8. The molecule has 20 heavy (non-hydrogen) atoms. The maximum absolute atomic E-state index is 5.91. The lowest BCUT2D eigenvalue weighted by Crippen LogP contribution is -2.00. The quantitative estimate of drug-likeness (QED) is 0.685. The molecule has 0 spiro atoms. The molecule has 0 unspecified atom stereocenters. The van der Waals surface area contributed by atoms with Gasteiger partial charge in [-0.1, -0.05) is 30.3 Å². The monoisotopic (exact) mass is 285 g/mol. The molecule has 0 aliphatic carbocycles. The van der Waals surface area contributed by atoms with E-state index in [2.05, 4.69) is 10.2 Å². The summed E-state index contributed by atoms with van der Waals surface area (Å²) in [6.45, 7) is 0. The van der Waals surface area contributed by atoms with Crippen LogP contribution in [0.3, 0.4) is 0 Å². The summed E-state index contributed by atoms with van der Waals surface area (Å²) in [5.74, 6) is 2.47. The molecule has 5 heteroatoms. The van der Waals surface area contributed by atoms with E-state index in [1.54, 1.807) is 6.33 Å². The molecule has 0 saturated heterocycles. The Morgan fingerprint density at radius 3 is 2.55 bits per heavy atom. The lowest BCUT2D eigenvalue weighted by atomic mass is 10.3. The number of hydrogen-bond donors (Lipinski definition) is 0. The fraction of sp³-hybridized carbons (Fsp3) is 0.0667. The van der Waals surface area contributed by atoms with E-state index in [-0.39, 0.29) is 0 Å². The van der Waals surface area contributed by atoms with Crippen molar-refractivity contribution in [1.29, 1.82) is 0 Å². The third-order valence-electron chi connectivity index (χ3n) is 2.83. The van der Waals surface area contributed by atoms with Crippen molar-refractivity contribution in [3.63, 3.8) is 0 Å². The molecule has 0 atom stereocenters. The van der Waals surface area contributed by atoms with Gasteiger partial charge in [0.2, 0.25) is 0 Å². The van der Waals surface area contributed by atoms with Crippen LogP contribution in [0.25, 0.3) is 5.69 Å². The molecule has 3 aromatic rings. The number of nitrogens with zero attached hydrogens (tertiary/aromatic N) is 3. The molecule has 2 aromatic carbocycles. The van der Waals surface area contributed by atoms with Gasteiger partial charge in [-0.2, -0.15) is 0 Å². The maximum atomic E-state index is 5.91. The number of hydrogen-bond acceptors (Lipinski definition) is 3. The molecule has 0 aliphatic rings. The Hall–Kier alpha value is -2.33. The molecule has 0 radical (unpaired) electrons. The molecular formula is C15H12ClN3O. The first-order valence-electron chi connectivity index (χ1n) is 6.15. The summed E-state index contributed by atoms with van der Waals surface area (Å²) in [6, 6.07) is 17.3. The Kier molecular flexibility index (Phi) is 3.65. The normalized spacial score (nSPS) is 10.4. The van der Waals surface area contributed by atoms with E-state index in [1.807, 2.05) is 59.2 Å². The molecule has 1 aromatic heterocycles. The van der Waals surface area contributed by atoms with Crippen LogP contribution in [-0.2, 0) is 5.88 Å². The first kappa shape index (κ1) is 12.7. The number of benzene rings is 2. The van der Waals surface area contributed by atoms with E-state index in [0.29, 0.717) is 11.7 Å². The van der Waals surface area contributed by atoms with Crippen LogP contribution in [0.5, 0.6) is 11.5 Å². The summed E-state index contributed by atoms with van der Waals surface area (Å²) in [5.41, 5.74) is 0.858. The second-order valence-electron chi connectivity index (χ2n) is 4.13. The average Bonchev–Trinajstić information content (AvgIpc) is 2.97. The molecule has 0 bridgehead atoms. The lowest BCUT2D eigenvalue weighted by molar-refractivity contribution is 0.479. The van der Waals surface area contributed by atoms with E-state index in [4.69, 9.17) is 16.3 Å². The number of halogens is 1. The zero-order valence-electron chi connectivity index (χ0n) is 10.6. The number of para-hydroxylation sites is 3. The van der Waals surface area contributed by atoms with Gasteiger partial charge in [-0.3, -0.25) is 4.57 Å². The van der Waals surface area contributed by atoms with E-state index in [0.717, 1.165) is 17.2 Å². The summed E-state index contributed by atoms with van der Waals surface area (Å²) >= 11 is 5.87. The van der Waals surface area contributed by atoms with Crippen molar-refractivity contribution in [2.24, 2.45) is 0 Å². The summed E-state index contributed by atoms with van der Waals surface area (Å²) in [6.07, 6.45) is 1.63. The van der Waals surface area contributed by atoms with E-state index < -0.39 is 0 Å². The van der Waals surface area contributed by atoms with Crippen molar-refractivity contribution in [1.82, 2.24) is 14.8 Å². The largest absolute Gasteiger partial charge is 0.455 e. The average molecular weight is 286 g/mol. The summed E-state index contributed by atoms with van der Waals surface area (Å²) in [7, 11) is 0. The smallest absolute Gasteiger partial charge is 0.152 e. The fourth-order valence-corrected chi connectivity index (χ4v) is 2.09. The number of aromatic nitrogens is 3. The van der Waals surface area contributed by atoms with Crippen LogP contribution < -0.4 is 4.74 Å². The van der Waals surface area contributed by atoms with Crippen molar-refractivity contribution >= 4 is 11.6 Å². The first-order valence-corrected chi connectivity index (χ1v) is 6.69. The highest BCUT2D eigenvalue weighted by Crippen LogP contribution is 2.28. The van der Waals surface area contributed by atoms with Crippen LogP contribution in [0.1, 0.15) is 5.82 Å². The second kappa shape index (κ2) is 5.75. The Bertz CT molecular complexity index is 697. The molecule has 0 aliphatic heterocycles. The maximum Gasteiger partial charge on any atom is 0.152 e. The Morgan fingerprint density at radius 2 is 1.75 bits per heavy atom. The third-order valence-corrected chi connectivity index (χ3v) is 3.07. The topological polar surface area (TPSA) is 39.9 Å². The highest BCUT2D eigenvalue weighted by molar-refractivity contribution is 6.16. The Morgan fingerprint density at radius 1 is 1.00 bits per heavy atom. The fourth-order valence-electron chi connectivity index (χ4n) is 1.91. The predicted molar refractivity (Wildman–Crippen MR) is 77.4 cm³/mol. The van der Waals surface area contributed by atoms with Crippen molar-refractivity contribution in [2.75, 3.05) is 0 Å². The van der Waals surface area contributed by atoms with Gasteiger partial charge in [-0.05, 0) is 24.3 Å². The molecule has 3 rings (SSSR count). The van der Waals surface area contributed by atoms with Gasteiger partial charge in [0.15, 0.2) is 11.6 Å². The minimum Gasteiger partial charge on any atom is -0.455 e. The molecule has 1 heterocycles. The number of rotatable bonds is 4. The molecule has 0 amide bonds. The second-order valence-corrected chi connectivity index (χ2v) is 4.40. The zero-order valence-corrected chi connectivity index (χ0v) is 11.4. The van der Waals surface area contributed by atoms with Gasteiger partial charge in [-0.25, -0.2) is 0 Å². The van der Waals surface area contributed by atoms with Gasteiger partial charge in [0.25, 0.3) is 0 Å². The third kappa shape index (κ3) is 2.51. The van der Waals surface area contributed by atoms with Gasteiger partial charge in [-0.15, -0.1) is 21.8 Å². The minimum atomic E-state index is 0.291. The van der Waals surface area contributed by atoms with E-state index >= 15 is 0 Å². The van der Waals surface area contributed by atoms with Gasteiger partial charge in [0, 0.05) is 0 Å². The lowest BCUT2D eigenvalue weighted by Gasteiger charge is -2.12. The molecule has 100 valence electrons. The van der Waals surface area contributed by atoms with Gasteiger partial charge < -0.3 is 4.74 Å². The Balaban J connectivity index is 2.01. The van der Waals surface area contributed by atoms with Gasteiger partial charge in [0.1, 0.15) is 12.1 Å². The number of ether oxygens (including phenoxy) is 1. The number of alkyl halides is 1.